The van der Waals surface area contributed by atoms with Crippen LogP contribution in [0.25, 0.3) is 0 Å². The highest BCUT2D eigenvalue weighted by Crippen LogP contribution is 2.16. The first kappa shape index (κ1) is 16.2. The molecule has 0 saturated carbocycles. The highest BCUT2D eigenvalue weighted by molar-refractivity contribution is 5.78. The zero-order valence-electron chi connectivity index (χ0n) is 11.3. The highest BCUT2D eigenvalue weighted by atomic mass is 19.4. The Labute approximate surface area is 111 Å². The zero-order valence-corrected chi connectivity index (χ0v) is 11.3. The van der Waals surface area contributed by atoms with Gasteiger partial charge in [0.25, 0.3) is 0 Å². The molecule has 2 unspecified atom stereocenters. The van der Waals surface area contributed by atoms with Crippen LogP contribution in [0.4, 0.5) is 13.2 Å². The predicted molar refractivity (Wildman–Crippen MR) is 64.7 cm³/mol. The zero-order chi connectivity index (χ0) is 14.5. The number of halogens is 3. The average molecular weight is 282 g/mol. The van der Waals surface area contributed by atoms with Crippen LogP contribution in [-0.4, -0.2) is 55.4 Å². The number of nitrogens with zero attached hydrogens (tertiary/aromatic N) is 1. The monoisotopic (exact) mass is 282 g/mol. The molecule has 0 radical (unpaired) electrons. The van der Waals surface area contributed by atoms with Gasteiger partial charge in [0.2, 0.25) is 5.91 Å². The van der Waals surface area contributed by atoms with Crippen molar-refractivity contribution in [3.05, 3.63) is 0 Å². The van der Waals surface area contributed by atoms with E-state index >= 15 is 0 Å². The van der Waals surface area contributed by atoms with Gasteiger partial charge in [0, 0.05) is 25.2 Å². The third-order valence-corrected chi connectivity index (χ3v) is 3.28. The Bertz CT molecular complexity index is 297. The summed E-state index contributed by atoms with van der Waals surface area (Å²) in [5, 5.41) is 3.32. The number of nitrogens with one attached hydrogen (secondary N) is 1. The van der Waals surface area contributed by atoms with Crippen molar-refractivity contribution in [3.8, 4) is 0 Å². The highest BCUT2D eigenvalue weighted by Gasteiger charge is 2.31. The molecule has 0 aliphatic carbocycles. The molecule has 1 aliphatic heterocycles. The second kappa shape index (κ2) is 7.09. The van der Waals surface area contributed by atoms with Crippen LogP contribution >= 0.6 is 0 Å². The van der Waals surface area contributed by atoms with Crippen LogP contribution in [0.15, 0.2) is 0 Å². The minimum Gasteiger partial charge on any atom is -0.362 e. The van der Waals surface area contributed by atoms with Gasteiger partial charge in [-0.15, -0.1) is 0 Å². The van der Waals surface area contributed by atoms with E-state index in [4.69, 9.17) is 0 Å². The first-order chi connectivity index (χ1) is 8.87. The third-order valence-electron chi connectivity index (χ3n) is 3.28. The van der Waals surface area contributed by atoms with Crippen LogP contribution in [0.5, 0.6) is 0 Å². The van der Waals surface area contributed by atoms with E-state index in [2.05, 4.69) is 10.1 Å². The fourth-order valence-electron chi connectivity index (χ4n) is 2.14. The van der Waals surface area contributed by atoms with Crippen molar-refractivity contribution >= 4 is 5.91 Å². The number of ether oxygens (including phenoxy) is 1. The molecule has 4 nitrogen and oxygen atoms in total. The minimum atomic E-state index is -4.39. The van der Waals surface area contributed by atoms with Gasteiger partial charge in [-0.05, 0) is 12.8 Å². The summed E-state index contributed by atoms with van der Waals surface area (Å²) in [6.45, 7) is 3.29. The quantitative estimate of drug-likeness (QED) is 0.832. The maximum Gasteiger partial charge on any atom is 0.411 e. The maximum atomic E-state index is 11.9. The van der Waals surface area contributed by atoms with Crippen LogP contribution in [0.3, 0.4) is 0 Å². The Hall–Kier alpha value is -0.820. The van der Waals surface area contributed by atoms with E-state index in [1.54, 1.807) is 4.90 Å². The molecule has 0 bridgehead atoms. The van der Waals surface area contributed by atoms with Crippen LogP contribution in [0, 0.1) is 0 Å². The summed E-state index contributed by atoms with van der Waals surface area (Å²) in [6, 6.07) is 0.235. The van der Waals surface area contributed by atoms with Crippen molar-refractivity contribution in [1.29, 1.82) is 0 Å². The van der Waals surface area contributed by atoms with Crippen LogP contribution in [-0.2, 0) is 9.53 Å². The van der Waals surface area contributed by atoms with Crippen molar-refractivity contribution in [2.24, 2.45) is 0 Å². The molecule has 1 amide bonds. The summed E-state index contributed by atoms with van der Waals surface area (Å²) in [7, 11) is 0. The molecule has 112 valence electrons. The lowest BCUT2D eigenvalue weighted by atomic mass is 10.1. The molecule has 1 fully saturated rings. The standard InChI is InChI=1S/C12H21F3N2O2/c1-3-9-6-17(10(4-2)5-16-9)11(18)7-19-8-12(13,14)15/h9-10,16H,3-8H2,1-2H3. The van der Waals surface area contributed by atoms with Gasteiger partial charge in [0.15, 0.2) is 0 Å². The molecule has 1 heterocycles. The molecule has 0 spiro atoms. The van der Waals surface area contributed by atoms with E-state index in [1.807, 2.05) is 13.8 Å². The van der Waals surface area contributed by atoms with Gasteiger partial charge < -0.3 is 15.0 Å². The normalized spacial score (nSPS) is 24.6. The lowest BCUT2D eigenvalue weighted by Crippen LogP contribution is -2.58. The molecule has 0 aromatic heterocycles. The molecular weight excluding hydrogens is 261 g/mol. The predicted octanol–water partition coefficient (Wildman–Crippen LogP) is 1.55. The number of carbonyl (C=O) groups excluding carboxylic acids is 1. The summed E-state index contributed by atoms with van der Waals surface area (Å²) in [4.78, 5) is 13.6. The van der Waals surface area contributed by atoms with Crippen LogP contribution in [0.2, 0.25) is 0 Å². The van der Waals surface area contributed by atoms with E-state index in [0.29, 0.717) is 13.1 Å². The van der Waals surface area contributed by atoms with Crippen molar-refractivity contribution < 1.29 is 22.7 Å². The number of hydrogen-bond acceptors (Lipinski definition) is 3. The van der Waals surface area contributed by atoms with Gasteiger partial charge in [0.05, 0.1) is 0 Å². The number of piperazine rings is 1. The van der Waals surface area contributed by atoms with Crippen molar-refractivity contribution in [2.75, 3.05) is 26.3 Å². The third kappa shape index (κ3) is 5.36. The van der Waals surface area contributed by atoms with Gasteiger partial charge in [0.1, 0.15) is 13.2 Å². The second-order valence-electron chi connectivity index (χ2n) is 4.73. The number of amides is 1. The SMILES string of the molecule is CCC1CN(C(=O)COCC(F)(F)F)C(CC)CN1. The fourth-order valence-corrected chi connectivity index (χ4v) is 2.14. The Morgan fingerprint density at radius 3 is 2.58 bits per heavy atom. The van der Waals surface area contributed by atoms with E-state index in [9.17, 15) is 18.0 Å². The fraction of sp³-hybridized carbons (Fsp3) is 0.917. The molecular formula is C12H21F3N2O2. The van der Waals surface area contributed by atoms with Gasteiger partial charge >= 0.3 is 6.18 Å². The lowest BCUT2D eigenvalue weighted by molar-refractivity contribution is -0.178. The lowest BCUT2D eigenvalue weighted by Gasteiger charge is -2.40. The first-order valence-corrected chi connectivity index (χ1v) is 6.54. The molecule has 7 heteroatoms. The number of carbonyl (C=O) groups is 1. The molecule has 19 heavy (non-hydrogen) atoms. The molecule has 0 aromatic rings. The molecule has 1 N–H and O–H groups in total. The number of rotatable bonds is 5. The van der Waals surface area contributed by atoms with E-state index in [-0.39, 0.29) is 18.0 Å². The molecule has 1 rings (SSSR count). The summed E-state index contributed by atoms with van der Waals surface area (Å²) in [5.74, 6) is -0.365. The Morgan fingerprint density at radius 2 is 2.05 bits per heavy atom. The van der Waals surface area contributed by atoms with Gasteiger partial charge in [-0.3, -0.25) is 4.79 Å². The van der Waals surface area contributed by atoms with Crippen molar-refractivity contribution in [1.82, 2.24) is 10.2 Å². The molecule has 1 saturated heterocycles. The molecule has 2 atom stereocenters. The Balaban J connectivity index is 2.47. The average Bonchev–Trinajstić information content (AvgIpc) is 2.36. The minimum absolute atomic E-state index is 0.0322. The van der Waals surface area contributed by atoms with Crippen molar-refractivity contribution in [3.63, 3.8) is 0 Å². The number of alkyl halides is 3. The van der Waals surface area contributed by atoms with Crippen LogP contribution in [0.1, 0.15) is 26.7 Å². The van der Waals surface area contributed by atoms with E-state index < -0.39 is 19.4 Å². The first-order valence-electron chi connectivity index (χ1n) is 6.54. The van der Waals surface area contributed by atoms with E-state index in [0.717, 1.165) is 12.8 Å². The maximum absolute atomic E-state index is 11.9. The summed E-state index contributed by atoms with van der Waals surface area (Å²) >= 11 is 0. The van der Waals surface area contributed by atoms with Crippen LogP contribution < -0.4 is 5.32 Å². The number of hydrogen-bond donors (Lipinski definition) is 1. The Kier molecular flexibility index (Phi) is 6.06. The van der Waals surface area contributed by atoms with E-state index in [1.165, 1.54) is 0 Å². The Morgan fingerprint density at radius 1 is 1.37 bits per heavy atom. The largest absolute Gasteiger partial charge is 0.411 e. The summed E-state index contributed by atoms with van der Waals surface area (Å²) in [5.41, 5.74) is 0. The second-order valence-corrected chi connectivity index (χ2v) is 4.73. The van der Waals surface area contributed by atoms with Crippen molar-refractivity contribution in [2.45, 2.75) is 44.9 Å². The van der Waals surface area contributed by atoms with Gasteiger partial charge in [-0.2, -0.15) is 13.2 Å². The van der Waals surface area contributed by atoms with Gasteiger partial charge in [-0.25, -0.2) is 0 Å². The molecule has 0 aromatic carbocycles. The summed E-state index contributed by atoms with van der Waals surface area (Å²) < 4.78 is 40.3. The van der Waals surface area contributed by atoms with Gasteiger partial charge in [-0.1, -0.05) is 13.8 Å². The smallest absolute Gasteiger partial charge is 0.362 e. The topological polar surface area (TPSA) is 41.6 Å². The summed E-state index contributed by atoms with van der Waals surface area (Å²) in [6.07, 6.45) is -2.74. The molecule has 1 aliphatic rings.